The Morgan fingerprint density at radius 2 is 2.06 bits per heavy atom. The first-order valence-corrected chi connectivity index (χ1v) is 6.75. The lowest BCUT2D eigenvalue weighted by atomic mass is 10.2. The lowest BCUT2D eigenvalue weighted by molar-refractivity contribution is -0.139. The van der Waals surface area contributed by atoms with Crippen molar-refractivity contribution in [1.82, 2.24) is 15.3 Å². The van der Waals surface area contributed by atoms with Crippen molar-refractivity contribution >= 4 is 23.6 Å². The van der Waals surface area contributed by atoms with Gasteiger partial charge in [0, 0.05) is 12.4 Å². The average molecular weight is 269 g/mol. The number of nitrogens with one attached hydrogen (secondary N) is 1. The molecule has 7 heteroatoms. The number of hydrogen-bond acceptors (Lipinski definition) is 5. The third-order valence-electron chi connectivity index (χ3n) is 2.26. The molecule has 6 nitrogen and oxygen atoms in total. The molecular weight excluding hydrogens is 254 g/mol. The van der Waals surface area contributed by atoms with Crippen LogP contribution in [0.2, 0.25) is 0 Å². The quantitative estimate of drug-likeness (QED) is 0.790. The van der Waals surface area contributed by atoms with Crippen LogP contribution in [0.3, 0.4) is 0 Å². The van der Waals surface area contributed by atoms with E-state index in [2.05, 4.69) is 15.3 Å². The van der Waals surface area contributed by atoms with E-state index in [1.54, 1.807) is 6.92 Å². The molecule has 0 unspecified atom stereocenters. The normalized spacial score (nSPS) is 11.9. The van der Waals surface area contributed by atoms with Gasteiger partial charge in [-0.15, -0.1) is 0 Å². The van der Waals surface area contributed by atoms with Crippen LogP contribution in [0.25, 0.3) is 0 Å². The molecule has 1 amide bonds. The van der Waals surface area contributed by atoms with Gasteiger partial charge in [-0.25, -0.2) is 14.8 Å². The zero-order valence-electron chi connectivity index (χ0n) is 10.2. The van der Waals surface area contributed by atoms with Gasteiger partial charge in [0.25, 0.3) is 5.91 Å². The largest absolute Gasteiger partial charge is 0.480 e. The van der Waals surface area contributed by atoms with Gasteiger partial charge in [-0.3, -0.25) is 4.79 Å². The number of thioether (sulfide) groups is 1. The fraction of sp³-hybridized carbons (Fsp3) is 0.455. The highest BCUT2D eigenvalue weighted by atomic mass is 32.2. The number of aliphatic carboxylic acids is 1. The summed E-state index contributed by atoms with van der Waals surface area (Å²) in [6.07, 6.45) is 5.03. The fourth-order valence-corrected chi connectivity index (χ4v) is 1.72. The topological polar surface area (TPSA) is 92.2 Å². The van der Waals surface area contributed by atoms with E-state index >= 15 is 0 Å². The molecule has 1 aromatic heterocycles. The molecule has 0 aliphatic carbocycles. The predicted molar refractivity (Wildman–Crippen MR) is 68.7 cm³/mol. The van der Waals surface area contributed by atoms with Gasteiger partial charge < -0.3 is 10.4 Å². The highest BCUT2D eigenvalue weighted by Crippen LogP contribution is 2.03. The van der Waals surface area contributed by atoms with Crippen molar-refractivity contribution in [3.05, 3.63) is 23.8 Å². The minimum Gasteiger partial charge on any atom is -0.480 e. The Morgan fingerprint density at radius 3 is 2.56 bits per heavy atom. The molecule has 1 atom stereocenters. The van der Waals surface area contributed by atoms with Crippen LogP contribution in [0.4, 0.5) is 0 Å². The highest BCUT2D eigenvalue weighted by Gasteiger charge is 2.20. The van der Waals surface area contributed by atoms with Gasteiger partial charge in [-0.05, 0) is 25.4 Å². The van der Waals surface area contributed by atoms with Crippen LogP contribution >= 0.6 is 11.8 Å². The minimum atomic E-state index is -1.04. The molecule has 1 heterocycles. The fourth-order valence-electron chi connectivity index (χ4n) is 1.24. The Labute approximate surface area is 109 Å². The number of carboxylic acids is 1. The number of nitrogens with zero attached hydrogens (tertiary/aromatic N) is 2. The number of carbonyl (C=O) groups is 2. The van der Waals surface area contributed by atoms with Crippen LogP contribution in [0.1, 0.15) is 22.6 Å². The maximum Gasteiger partial charge on any atom is 0.326 e. The molecule has 18 heavy (non-hydrogen) atoms. The molecule has 2 N–H and O–H groups in total. The molecule has 0 aromatic carbocycles. The van der Waals surface area contributed by atoms with Gasteiger partial charge in [0.15, 0.2) is 0 Å². The lowest BCUT2D eigenvalue weighted by Gasteiger charge is -2.13. The van der Waals surface area contributed by atoms with Gasteiger partial charge in [0.05, 0.1) is 5.56 Å². The predicted octanol–water partition coefficient (Wildman–Crippen LogP) is 0.721. The standard InChI is InChI=1S/C11H15N3O3S/c1-7-12-5-8(6-13-7)10(15)14-9(11(16)17)3-4-18-2/h5-6,9H,3-4H2,1-2H3,(H,14,15)(H,16,17)/t9-/m0/s1. The van der Waals surface area contributed by atoms with Crippen molar-refractivity contribution in [2.45, 2.75) is 19.4 Å². The number of carbonyl (C=O) groups excluding carboxylic acids is 1. The first-order valence-electron chi connectivity index (χ1n) is 5.36. The summed E-state index contributed by atoms with van der Waals surface area (Å²) in [6.45, 7) is 1.71. The number of aryl methyl sites for hydroxylation is 1. The summed E-state index contributed by atoms with van der Waals surface area (Å²) in [5.74, 6) is -0.278. The van der Waals surface area contributed by atoms with Crippen molar-refractivity contribution in [2.75, 3.05) is 12.0 Å². The summed E-state index contributed by atoms with van der Waals surface area (Å²) in [7, 11) is 0. The molecule has 1 rings (SSSR count). The second kappa shape index (κ2) is 6.95. The molecule has 1 aromatic rings. The Balaban J connectivity index is 2.66. The van der Waals surface area contributed by atoms with Gasteiger partial charge in [-0.2, -0.15) is 11.8 Å². The van der Waals surface area contributed by atoms with Crippen molar-refractivity contribution in [2.24, 2.45) is 0 Å². The van der Waals surface area contributed by atoms with Gasteiger partial charge in [-0.1, -0.05) is 0 Å². The number of hydrogen-bond donors (Lipinski definition) is 2. The van der Waals surface area contributed by atoms with Crippen LogP contribution in [-0.2, 0) is 4.79 Å². The zero-order chi connectivity index (χ0) is 13.5. The van der Waals surface area contributed by atoms with E-state index in [9.17, 15) is 9.59 Å². The number of aromatic nitrogens is 2. The van der Waals surface area contributed by atoms with E-state index in [1.165, 1.54) is 24.2 Å². The monoisotopic (exact) mass is 269 g/mol. The second-order valence-electron chi connectivity index (χ2n) is 3.66. The first-order chi connectivity index (χ1) is 8.54. The van der Waals surface area contributed by atoms with Gasteiger partial charge in [0.2, 0.25) is 0 Å². The second-order valence-corrected chi connectivity index (χ2v) is 4.65. The van der Waals surface area contributed by atoms with E-state index in [4.69, 9.17) is 5.11 Å². The van der Waals surface area contributed by atoms with Crippen molar-refractivity contribution in [3.8, 4) is 0 Å². The molecular formula is C11H15N3O3S. The summed E-state index contributed by atoms with van der Waals surface area (Å²) < 4.78 is 0. The van der Waals surface area contributed by atoms with E-state index in [0.29, 0.717) is 18.0 Å². The van der Waals surface area contributed by atoms with Gasteiger partial charge >= 0.3 is 5.97 Å². The summed E-state index contributed by atoms with van der Waals surface area (Å²) in [5.41, 5.74) is 0.260. The van der Waals surface area contributed by atoms with E-state index in [1.807, 2.05) is 6.26 Å². The lowest BCUT2D eigenvalue weighted by Crippen LogP contribution is -2.41. The average Bonchev–Trinajstić information content (AvgIpc) is 2.34. The van der Waals surface area contributed by atoms with Crippen LogP contribution in [0.5, 0.6) is 0 Å². The molecule has 0 aliphatic rings. The van der Waals surface area contributed by atoms with E-state index in [0.717, 1.165) is 0 Å². The summed E-state index contributed by atoms with van der Waals surface area (Å²) in [4.78, 5) is 30.5. The number of carboxylic acid groups (broad SMARTS) is 1. The molecule has 98 valence electrons. The van der Waals surface area contributed by atoms with Crippen LogP contribution in [-0.4, -0.2) is 45.0 Å². The minimum absolute atomic E-state index is 0.260. The molecule has 0 saturated carbocycles. The molecule has 0 fully saturated rings. The molecule has 0 aliphatic heterocycles. The Bertz CT molecular complexity index is 422. The number of amides is 1. The van der Waals surface area contributed by atoms with E-state index in [-0.39, 0.29) is 5.56 Å². The summed E-state index contributed by atoms with van der Waals surface area (Å²) in [5, 5.41) is 11.4. The first kappa shape index (κ1) is 14.4. The highest BCUT2D eigenvalue weighted by molar-refractivity contribution is 7.98. The van der Waals surface area contributed by atoms with Crippen molar-refractivity contribution in [3.63, 3.8) is 0 Å². The summed E-state index contributed by atoms with van der Waals surface area (Å²) in [6, 6.07) is -0.883. The summed E-state index contributed by atoms with van der Waals surface area (Å²) >= 11 is 1.53. The maximum atomic E-state index is 11.8. The van der Waals surface area contributed by atoms with Crippen LogP contribution in [0.15, 0.2) is 12.4 Å². The van der Waals surface area contributed by atoms with Crippen molar-refractivity contribution in [1.29, 1.82) is 0 Å². The number of rotatable bonds is 6. The third-order valence-corrected chi connectivity index (χ3v) is 2.90. The maximum absolute atomic E-state index is 11.8. The van der Waals surface area contributed by atoms with Gasteiger partial charge in [0.1, 0.15) is 11.9 Å². The molecule has 0 bridgehead atoms. The zero-order valence-corrected chi connectivity index (χ0v) is 11.0. The SMILES string of the molecule is CSCC[C@H](NC(=O)c1cnc(C)nc1)C(=O)O. The third kappa shape index (κ3) is 4.33. The smallest absolute Gasteiger partial charge is 0.326 e. The van der Waals surface area contributed by atoms with Crippen LogP contribution < -0.4 is 5.32 Å². The Kier molecular flexibility index (Phi) is 5.57. The Morgan fingerprint density at radius 1 is 1.44 bits per heavy atom. The van der Waals surface area contributed by atoms with Crippen LogP contribution in [0, 0.1) is 6.92 Å². The molecule has 0 spiro atoms. The Hall–Kier alpha value is -1.63. The molecule has 0 saturated heterocycles. The van der Waals surface area contributed by atoms with E-state index < -0.39 is 17.9 Å². The molecule has 0 radical (unpaired) electrons. The van der Waals surface area contributed by atoms with Crippen molar-refractivity contribution < 1.29 is 14.7 Å².